The van der Waals surface area contributed by atoms with Crippen molar-refractivity contribution in [3.63, 3.8) is 0 Å². The second-order valence-electron chi connectivity index (χ2n) is 5.15. The van der Waals surface area contributed by atoms with E-state index in [0.717, 1.165) is 6.42 Å². The molecule has 0 N–H and O–H groups in total. The van der Waals surface area contributed by atoms with E-state index in [4.69, 9.17) is 5.26 Å². The number of nitriles is 1. The molecule has 1 aliphatic rings. The standard InChI is InChI=1S/C13H17N3O2S/c1-10(2)11-5-6-16(9-11)19(17,18)13-4-3-12(7-14)15-8-13/h3-4,8,10-11H,5-6,9H2,1-2H3. The average molecular weight is 279 g/mol. The van der Waals surface area contributed by atoms with Gasteiger partial charge in [0, 0.05) is 19.3 Å². The Morgan fingerprint density at radius 3 is 2.68 bits per heavy atom. The van der Waals surface area contributed by atoms with E-state index in [2.05, 4.69) is 18.8 Å². The number of aromatic nitrogens is 1. The van der Waals surface area contributed by atoms with Crippen LogP contribution in [-0.2, 0) is 10.0 Å². The van der Waals surface area contributed by atoms with E-state index in [9.17, 15) is 8.42 Å². The number of sulfonamides is 1. The van der Waals surface area contributed by atoms with Crippen LogP contribution in [-0.4, -0.2) is 30.8 Å². The largest absolute Gasteiger partial charge is 0.244 e. The Balaban J connectivity index is 2.21. The van der Waals surface area contributed by atoms with Crippen molar-refractivity contribution in [2.45, 2.75) is 25.2 Å². The van der Waals surface area contributed by atoms with Crippen LogP contribution in [0.5, 0.6) is 0 Å². The van der Waals surface area contributed by atoms with Crippen molar-refractivity contribution >= 4 is 10.0 Å². The van der Waals surface area contributed by atoms with E-state index in [0.29, 0.717) is 24.9 Å². The summed E-state index contributed by atoms with van der Waals surface area (Å²) in [4.78, 5) is 3.98. The van der Waals surface area contributed by atoms with Crippen LogP contribution in [0.2, 0.25) is 0 Å². The molecular weight excluding hydrogens is 262 g/mol. The van der Waals surface area contributed by atoms with Gasteiger partial charge in [-0.25, -0.2) is 13.4 Å². The molecule has 19 heavy (non-hydrogen) atoms. The number of hydrogen-bond acceptors (Lipinski definition) is 4. The third kappa shape index (κ3) is 2.77. The van der Waals surface area contributed by atoms with Crippen molar-refractivity contribution < 1.29 is 8.42 Å². The fraction of sp³-hybridized carbons (Fsp3) is 0.538. The van der Waals surface area contributed by atoms with Gasteiger partial charge in [-0.15, -0.1) is 0 Å². The maximum atomic E-state index is 12.4. The molecule has 1 aliphatic heterocycles. The maximum absolute atomic E-state index is 12.4. The number of nitrogens with zero attached hydrogens (tertiary/aromatic N) is 3. The van der Waals surface area contributed by atoms with E-state index in [1.807, 2.05) is 6.07 Å². The molecule has 5 nitrogen and oxygen atoms in total. The maximum Gasteiger partial charge on any atom is 0.244 e. The van der Waals surface area contributed by atoms with Crippen LogP contribution >= 0.6 is 0 Å². The molecule has 1 atom stereocenters. The van der Waals surface area contributed by atoms with Gasteiger partial charge in [-0.1, -0.05) is 13.8 Å². The van der Waals surface area contributed by atoms with Crippen molar-refractivity contribution in [3.05, 3.63) is 24.0 Å². The van der Waals surface area contributed by atoms with E-state index >= 15 is 0 Å². The minimum absolute atomic E-state index is 0.163. The normalized spacial score (nSPS) is 20.6. The van der Waals surface area contributed by atoms with Crippen LogP contribution < -0.4 is 0 Å². The summed E-state index contributed by atoms with van der Waals surface area (Å²) >= 11 is 0. The van der Waals surface area contributed by atoms with Crippen molar-refractivity contribution in [2.75, 3.05) is 13.1 Å². The summed E-state index contributed by atoms with van der Waals surface area (Å²) in [6, 6.07) is 4.76. The lowest BCUT2D eigenvalue weighted by Gasteiger charge is -2.17. The molecule has 1 aromatic heterocycles. The highest BCUT2D eigenvalue weighted by Crippen LogP contribution is 2.28. The van der Waals surface area contributed by atoms with Gasteiger partial charge < -0.3 is 0 Å². The Bertz CT molecular complexity index is 587. The highest BCUT2D eigenvalue weighted by Gasteiger charge is 2.33. The fourth-order valence-corrected chi connectivity index (χ4v) is 3.72. The molecule has 0 radical (unpaired) electrons. The van der Waals surface area contributed by atoms with E-state index in [1.165, 1.54) is 22.6 Å². The summed E-state index contributed by atoms with van der Waals surface area (Å²) < 4.78 is 26.3. The van der Waals surface area contributed by atoms with Crippen LogP contribution in [0.4, 0.5) is 0 Å². The van der Waals surface area contributed by atoms with Crippen LogP contribution in [0, 0.1) is 23.2 Å². The van der Waals surface area contributed by atoms with Crippen LogP contribution in [0.3, 0.4) is 0 Å². The molecular formula is C13H17N3O2S. The van der Waals surface area contributed by atoms with Crippen molar-refractivity contribution in [1.29, 1.82) is 5.26 Å². The van der Waals surface area contributed by atoms with E-state index in [-0.39, 0.29) is 10.6 Å². The number of hydrogen-bond donors (Lipinski definition) is 0. The summed E-state index contributed by atoms with van der Waals surface area (Å²) in [5.74, 6) is 0.903. The molecule has 1 fully saturated rings. The fourth-order valence-electron chi connectivity index (χ4n) is 2.26. The van der Waals surface area contributed by atoms with Crippen molar-refractivity contribution in [2.24, 2.45) is 11.8 Å². The summed E-state index contributed by atoms with van der Waals surface area (Å²) in [6.07, 6.45) is 2.16. The van der Waals surface area contributed by atoms with Gasteiger partial charge in [0.1, 0.15) is 16.7 Å². The highest BCUT2D eigenvalue weighted by atomic mass is 32.2. The van der Waals surface area contributed by atoms with Gasteiger partial charge in [0.2, 0.25) is 10.0 Å². The van der Waals surface area contributed by atoms with Crippen molar-refractivity contribution in [3.8, 4) is 6.07 Å². The predicted octanol–water partition coefficient (Wildman–Crippen LogP) is 1.62. The lowest BCUT2D eigenvalue weighted by atomic mass is 9.96. The molecule has 0 spiro atoms. The number of pyridine rings is 1. The molecule has 0 amide bonds. The third-order valence-electron chi connectivity index (χ3n) is 3.62. The second kappa shape index (κ2) is 5.27. The smallest absolute Gasteiger partial charge is 0.244 e. The molecule has 1 aromatic rings. The summed E-state index contributed by atoms with van der Waals surface area (Å²) in [6.45, 7) is 5.36. The van der Waals surface area contributed by atoms with Crippen LogP contribution in [0.25, 0.3) is 0 Å². The monoisotopic (exact) mass is 279 g/mol. The van der Waals surface area contributed by atoms with Crippen molar-refractivity contribution in [1.82, 2.24) is 9.29 Å². The minimum Gasteiger partial charge on any atom is -0.244 e. The molecule has 2 rings (SSSR count). The summed E-state index contributed by atoms with van der Waals surface area (Å²) in [7, 11) is -3.47. The Hall–Kier alpha value is -1.45. The molecule has 0 saturated carbocycles. The third-order valence-corrected chi connectivity index (χ3v) is 5.47. The highest BCUT2D eigenvalue weighted by molar-refractivity contribution is 7.89. The first-order valence-electron chi connectivity index (χ1n) is 6.31. The Morgan fingerprint density at radius 1 is 1.47 bits per heavy atom. The topological polar surface area (TPSA) is 74.1 Å². The molecule has 6 heteroatoms. The van der Waals surface area contributed by atoms with Crippen LogP contribution in [0.15, 0.2) is 23.2 Å². The molecule has 1 saturated heterocycles. The Kier molecular flexibility index (Phi) is 3.88. The minimum atomic E-state index is -3.47. The zero-order valence-electron chi connectivity index (χ0n) is 11.1. The zero-order valence-corrected chi connectivity index (χ0v) is 11.9. The van der Waals surface area contributed by atoms with Gasteiger partial charge in [-0.2, -0.15) is 9.57 Å². The lowest BCUT2D eigenvalue weighted by Crippen LogP contribution is -2.29. The van der Waals surface area contributed by atoms with Gasteiger partial charge >= 0.3 is 0 Å². The number of rotatable bonds is 3. The predicted molar refractivity (Wildman–Crippen MR) is 70.7 cm³/mol. The zero-order chi connectivity index (χ0) is 14.0. The molecule has 0 bridgehead atoms. The molecule has 0 aliphatic carbocycles. The summed E-state index contributed by atoms with van der Waals surface area (Å²) in [5.41, 5.74) is 0.223. The van der Waals surface area contributed by atoms with Gasteiger partial charge in [0.25, 0.3) is 0 Å². The molecule has 0 aromatic carbocycles. The Labute approximate surface area is 113 Å². The van der Waals surface area contributed by atoms with Crippen LogP contribution in [0.1, 0.15) is 26.0 Å². The van der Waals surface area contributed by atoms with E-state index in [1.54, 1.807) is 0 Å². The average Bonchev–Trinajstić information content (AvgIpc) is 2.89. The lowest BCUT2D eigenvalue weighted by molar-refractivity contribution is 0.388. The van der Waals surface area contributed by atoms with Gasteiger partial charge in [0.15, 0.2) is 0 Å². The SMILES string of the molecule is CC(C)C1CCN(S(=O)(=O)c2ccc(C#N)nc2)C1. The molecule has 2 heterocycles. The second-order valence-corrected chi connectivity index (χ2v) is 7.08. The van der Waals surface area contributed by atoms with Gasteiger partial charge in [-0.3, -0.25) is 0 Å². The Morgan fingerprint density at radius 2 is 2.21 bits per heavy atom. The first-order valence-corrected chi connectivity index (χ1v) is 7.75. The molecule has 102 valence electrons. The summed E-state index contributed by atoms with van der Waals surface area (Å²) in [5, 5.41) is 8.67. The van der Waals surface area contributed by atoms with E-state index < -0.39 is 10.0 Å². The first-order chi connectivity index (χ1) is 8.95. The van der Waals surface area contributed by atoms with Gasteiger partial charge in [0.05, 0.1) is 0 Å². The molecule has 1 unspecified atom stereocenters. The quantitative estimate of drug-likeness (QED) is 0.842. The van der Waals surface area contributed by atoms with Gasteiger partial charge in [-0.05, 0) is 30.4 Å². The first kappa shape index (κ1) is 14.0.